The lowest BCUT2D eigenvalue weighted by molar-refractivity contribution is -0.216. The lowest BCUT2D eigenvalue weighted by Gasteiger charge is -2.43. The molecule has 0 amide bonds. The van der Waals surface area contributed by atoms with Gasteiger partial charge in [-0.3, -0.25) is 18.4 Å². The number of unbranched alkanes of at least 4 members (excludes halogenated alkanes) is 12. The fraction of sp³-hybridized carbons (Fsp3) is 0.676. The molecule has 0 heterocycles. The van der Waals surface area contributed by atoms with Crippen LogP contribution < -0.4 is 0 Å². The largest absolute Gasteiger partial charge is 0.472 e. The zero-order chi connectivity index (χ0) is 41.1. The van der Waals surface area contributed by atoms with E-state index in [1.165, 1.54) is 44.9 Å². The number of carbonyl (C=O) groups excluding carboxylic acids is 2. The van der Waals surface area contributed by atoms with Gasteiger partial charge in [0.2, 0.25) is 0 Å². The minimum atomic E-state index is -5.33. The van der Waals surface area contributed by atoms with Crippen LogP contribution in [0.25, 0.3) is 0 Å². The van der Waals surface area contributed by atoms with E-state index in [0.717, 1.165) is 32.1 Å². The van der Waals surface area contributed by atoms with E-state index in [1.54, 1.807) is 6.92 Å². The van der Waals surface area contributed by atoms with Crippen molar-refractivity contribution in [3.05, 3.63) is 0 Å². The molecule has 18 heteroatoms. The molecule has 1 rings (SSSR count). The van der Waals surface area contributed by atoms with Crippen molar-refractivity contribution in [1.29, 1.82) is 0 Å². The van der Waals surface area contributed by atoms with E-state index < -0.39 is 83.5 Å². The predicted molar refractivity (Wildman–Crippen MR) is 197 cm³/mol. The molecule has 306 valence electrons. The molecule has 0 saturated heterocycles. The minimum absolute atomic E-state index is 0.0184. The number of esters is 2. The van der Waals surface area contributed by atoms with Gasteiger partial charge in [-0.25, -0.2) is 13.9 Å². The summed E-state index contributed by atoms with van der Waals surface area (Å²) in [5.74, 6) is 21.8. The van der Waals surface area contributed by atoms with Crippen LogP contribution in [-0.4, -0.2) is 103 Å². The van der Waals surface area contributed by atoms with E-state index in [1.807, 2.05) is 0 Å². The van der Waals surface area contributed by atoms with Crippen LogP contribution in [-0.2, 0) is 41.8 Å². The molecule has 5 unspecified atom stereocenters. The molecule has 0 radical (unpaired) electrons. The maximum atomic E-state index is 12.8. The highest BCUT2D eigenvalue weighted by molar-refractivity contribution is 7.47. The number of carbonyl (C=O) groups is 2. The molecule has 1 aliphatic rings. The summed E-state index contributed by atoms with van der Waals surface area (Å²) in [6.07, 6.45) is -0.915. The van der Waals surface area contributed by atoms with Gasteiger partial charge in [-0.05, 0) is 60.7 Å². The summed E-state index contributed by atoms with van der Waals surface area (Å²) in [5.41, 5.74) is 0. The van der Waals surface area contributed by atoms with Gasteiger partial charge < -0.3 is 44.6 Å². The van der Waals surface area contributed by atoms with E-state index in [0.29, 0.717) is 6.42 Å². The number of rotatable bonds is 24. The van der Waals surface area contributed by atoms with E-state index in [-0.39, 0.29) is 6.42 Å². The van der Waals surface area contributed by atoms with Gasteiger partial charge >= 0.3 is 27.6 Å². The summed E-state index contributed by atoms with van der Waals surface area (Å²) in [7, 11) is -10.7. The standard InChI is InChI=1S/C37H52O16P2/c1-3-5-7-9-11-13-14-15-16-18-20-22-24-26-31(39)51-29(27-49-30(38)25-23-21-19-17-12-10-8-6-4-2)28-50-55(47,48)53-37-34(42)32(40)36(33(41)35(37)43)52-54(44,45)46/h29,32-37,40-43H,3,5,7,9,11,13-16,18,20,22,24,26-28H2,1-2H3,(H,47,48)(H2,44,45,46)/t29-,32+,33?,34?,35+,36?,37?/m1/s1. The highest BCUT2D eigenvalue weighted by Crippen LogP contribution is 2.48. The Bertz CT molecular complexity index is 1590. The molecule has 1 saturated carbocycles. The van der Waals surface area contributed by atoms with Crippen molar-refractivity contribution in [1.82, 2.24) is 0 Å². The topological polar surface area (TPSA) is 256 Å². The van der Waals surface area contributed by atoms with Crippen LogP contribution in [0.2, 0.25) is 0 Å². The molecule has 16 nitrogen and oxygen atoms in total. The Balaban J connectivity index is 2.78. The lowest BCUT2D eigenvalue weighted by atomic mass is 9.85. The minimum Gasteiger partial charge on any atom is -0.456 e. The van der Waals surface area contributed by atoms with Gasteiger partial charge in [0.1, 0.15) is 43.2 Å². The average Bonchev–Trinajstić information content (AvgIpc) is 3.13. The summed E-state index contributed by atoms with van der Waals surface area (Å²) >= 11 is 0. The van der Waals surface area contributed by atoms with E-state index in [9.17, 15) is 44.0 Å². The van der Waals surface area contributed by atoms with Gasteiger partial charge in [0.15, 0.2) is 6.10 Å². The number of aliphatic hydroxyl groups is 4. The van der Waals surface area contributed by atoms with Crippen molar-refractivity contribution >= 4 is 27.6 Å². The van der Waals surface area contributed by atoms with Gasteiger partial charge in [-0.2, -0.15) is 0 Å². The average molecular weight is 815 g/mol. The molecule has 0 aromatic heterocycles. The Morgan fingerprint density at radius 3 is 1.53 bits per heavy atom. The third kappa shape index (κ3) is 23.5. The van der Waals surface area contributed by atoms with Crippen molar-refractivity contribution in [2.45, 2.75) is 146 Å². The van der Waals surface area contributed by atoms with Crippen LogP contribution in [0, 0.1) is 59.2 Å². The Labute approximate surface area is 322 Å². The first-order chi connectivity index (χ1) is 26.1. The molecule has 0 spiro atoms. The molecule has 1 fully saturated rings. The second kappa shape index (κ2) is 28.2. The van der Waals surface area contributed by atoms with Gasteiger partial charge in [0.05, 0.1) is 6.61 Å². The molecule has 0 aromatic rings. The van der Waals surface area contributed by atoms with Crippen LogP contribution in [0.3, 0.4) is 0 Å². The molecule has 7 N–H and O–H groups in total. The van der Waals surface area contributed by atoms with Gasteiger partial charge in [0.25, 0.3) is 0 Å². The van der Waals surface area contributed by atoms with Gasteiger partial charge in [-0.1, -0.05) is 89.9 Å². The maximum Gasteiger partial charge on any atom is 0.472 e. The van der Waals surface area contributed by atoms with Crippen LogP contribution >= 0.6 is 15.6 Å². The van der Waals surface area contributed by atoms with E-state index in [2.05, 4.69) is 70.7 Å². The van der Waals surface area contributed by atoms with Gasteiger partial charge in [-0.15, -0.1) is 0 Å². The second-order valence-corrected chi connectivity index (χ2v) is 15.0. The number of phosphoric ester groups is 2. The molecule has 1 aliphatic carbocycles. The van der Waals surface area contributed by atoms with Crippen LogP contribution in [0.1, 0.15) is 104 Å². The monoisotopic (exact) mass is 814 g/mol. The normalized spacial score (nSPS) is 21.8. The number of ether oxygens (including phenoxy) is 2. The maximum absolute atomic E-state index is 12.8. The lowest BCUT2D eigenvalue weighted by Crippen LogP contribution is -2.64. The summed E-state index contributed by atoms with van der Waals surface area (Å²) in [4.78, 5) is 53.1. The van der Waals surface area contributed by atoms with E-state index >= 15 is 0 Å². The number of phosphoric acid groups is 2. The van der Waals surface area contributed by atoms with E-state index in [4.69, 9.17) is 28.3 Å². The van der Waals surface area contributed by atoms with Crippen molar-refractivity contribution in [3.8, 4) is 59.2 Å². The molecular formula is C37H52O16P2. The molecule has 55 heavy (non-hydrogen) atoms. The van der Waals surface area contributed by atoms with Crippen molar-refractivity contribution < 1.29 is 76.9 Å². The Morgan fingerprint density at radius 1 is 0.618 bits per heavy atom. The quantitative estimate of drug-likeness (QED) is 0.0243. The van der Waals surface area contributed by atoms with Crippen LogP contribution in [0.15, 0.2) is 0 Å². The summed E-state index contributed by atoms with van der Waals surface area (Å²) in [5, 5.41) is 41.1. The molecule has 0 aliphatic heterocycles. The van der Waals surface area contributed by atoms with Crippen LogP contribution in [0.5, 0.6) is 0 Å². The van der Waals surface area contributed by atoms with Crippen molar-refractivity contribution in [3.63, 3.8) is 0 Å². The Morgan fingerprint density at radius 2 is 1.05 bits per heavy atom. The smallest absolute Gasteiger partial charge is 0.456 e. The first-order valence-corrected chi connectivity index (χ1v) is 21.0. The second-order valence-electron chi connectivity index (χ2n) is 12.4. The highest BCUT2D eigenvalue weighted by atomic mass is 31.2. The van der Waals surface area contributed by atoms with Gasteiger partial charge in [0, 0.05) is 12.3 Å². The molecule has 0 bridgehead atoms. The molecule has 8 atom stereocenters. The summed E-state index contributed by atoms with van der Waals surface area (Å²) in [6.45, 7) is 2.18. The highest BCUT2D eigenvalue weighted by Gasteiger charge is 2.54. The third-order valence-electron chi connectivity index (χ3n) is 7.89. The Hall–Kier alpha value is -3.20. The zero-order valence-corrected chi connectivity index (χ0v) is 32.8. The number of hydrogen-bond donors (Lipinski definition) is 7. The zero-order valence-electron chi connectivity index (χ0n) is 31.1. The SMILES string of the molecule is CC#CC#CC#CC#CC#CC(=O)OC[C@H](COP(=O)(O)OC1C(O)[C@H](O)C(OP(=O)(O)O)C(O)[C@@H]1O)OC(=O)CCCCCCCCCCCCCCC. The Kier molecular flexibility index (Phi) is 25.6. The first kappa shape index (κ1) is 49.8. The molecule has 0 aromatic carbocycles. The molecular weight excluding hydrogens is 762 g/mol. The predicted octanol–water partition coefficient (Wildman–Crippen LogP) is 2.40. The number of aliphatic hydroxyl groups excluding tert-OH is 4. The van der Waals surface area contributed by atoms with Crippen LogP contribution in [0.4, 0.5) is 0 Å². The number of hydrogen-bond acceptors (Lipinski definition) is 13. The fourth-order valence-corrected chi connectivity index (χ4v) is 6.68. The summed E-state index contributed by atoms with van der Waals surface area (Å²) in [6, 6.07) is 0. The van der Waals surface area contributed by atoms with Crippen molar-refractivity contribution in [2.24, 2.45) is 0 Å². The van der Waals surface area contributed by atoms with Crippen molar-refractivity contribution in [2.75, 3.05) is 13.2 Å². The third-order valence-corrected chi connectivity index (χ3v) is 9.40. The fourth-order valence-electron chi connectivity index (χ4n) is 5.14. The first-order valence-electron chi connectivity index (χ1n) is 18.0. The summed E-state index contributed by atoms with van der Waals surface area (Å²) < 4.78 is 48.2.